The zero-order chi connectivity index (χ0) is 27.9. The van der Waals surface area contributed by atoms with Crippen LogP contribution in [0.25, 0.3) is 0 Å². The zero-order valence-electron chi connectivity index (χ0n) is 24.8. The molecule has 0 bridgehead atoms. The maximum absolute atomic E-state index is 13.1. The van der Waals surface area contributed by atoms with Crippen molar-refractivity contribution < 1.29 is 9.59 Å². The quantitative estimate of drug-likeness (QED) is 0.0724. The van der Waals surface area contributed by atoms with Gasteiger partial charge in [0, 0.05) is 17.6 Å². The second-order valence-electron chi connectivity index (χ2n) is 9.63. The highest BCUT2D eigenvalue weighted by Gasteiger charge is 2.21. The van der Waals surface area contributed by atoms with Gasteiger partial charge in [0.1, 0.15) is 0 Å². The minimum atomic E-state index is -0.466. The van der Waals surface area contributed by atoms with Crippen molar-refractivity contribution in [2.45, 2.75) is 131 Å². The number of allylic oxidation sites excluding steroid dienone is 10. The summed E-state index contributed by atoms with van der Waals surface area (Å²) in [6, 6.07) is 0. The summed E-state index contributed by atoms with van der Waals surface area (Å²) in [5, 5.41) is 0. The van der Waals surface area contributed by atoms with E-state index < -0.39 is 5.91 Å². The van der Waals surface area contributed by atoms with Gasteiger partial charge in [-0.15, -0.1) is 0 Å². The average molecular weight is 510 g/mol. The molecule has 208 valence electrons. The van der Waals surface area contributed by atoms with E-state index in [1.54, 1.807) is 13.0 Å². The van der Waals surface area contributed by atoms with Crippen molar-refractivity contribution in [3.8, 4) is 0 Å². The Bertz CT molecular complexity index is 849. The monoisotopic (exact) mass is 509 g/mol. The van der Waals surface area contributed by atoms with Gasteiger partial charge in [-0.25, -0.2) is 0 Å². The Kier molecular flexibility index (Phi) is 21.3. The van der Waals surface area contributed by atoms with E-state index in [4.69, 9.17) is 5.73 Å². The number of hydrogen-bond donors (Lipinski definition) is 1. The molecule has 0 fully saturated rings. The highest BCUT2D eigenvalue weighted by atomic mass is 16.1. The molecule has 0 radical (unpaired) electrons. The van der Waals surface area contributed by atoms with E-state index in [0.717, 1.165) is 29.6 Å². The average Bonchev–Trinajstić information content (AvgIpc) is 2.89. The molecule has 0 atom stereocenters. The molecule has 0 aromatic heterocycles. The first kappa shape index (κ1) is 34.6. The van der Waals surface area contributed by atoms with E-state index in [-0.39, 0.29) is 5.78 Å². The number of carbonyl (C=O) groups is 2. The van der Waals surface area contributed by atoms with Gasteiger partial charge in [0.15, 0.2) is 5.78 Å². The van der Waals surface area contributed by atoms with E-state index >= 15 is 0 Å². The molecule has 0 aromatic carbocycles. The summed E-state index contributed by atoms with van der Waals surface area (Å²) < 4.78 is 0. The first-order valence-electron chi connectivity index (χ1n) is 14.7. The predicted octanol–water partition coefficient (Wildman–Crippen LogP) is 9.81. The van der Waals surface area contributed by atoms with Gasteiger partial charge in [-0.2, -0.15) is 0 Å². The summed E-state index contributed by atoms with van der Waals surface area (Å²) >= 11 is 0. The molecule has 0 aliphatic heterocycles. The van der Waals surface area contributed by atoms with Crippen LogP contribution in [0, 0.1) is 0 Å². The summed E-state index contributed by atoms with van der Waals surface area (Å²) in [6.07, 6.45) is 30.8. The number of unbranched alkanes of at least 4 members (excludes halogenated alkanes) is 11. The Morgan fingerprint density at radius 2 is 0.892 bits per heavy atom. The molecule has 0 saturated heterocycles. The Labute approximate surface area is 228 Å². The maximum atomic E-state index is 13.1. The number of rotatable bonds is 21. The topological polar surface area (TPSA) is 60.2 Å². The summed E-state index contributed by atoms with van der Waals surface area (Å²) in [5.74, 6) is -0.309. The van der Waals surface area contributed by atoms with Crippen molar-refractivity contribution >= 4 is 11.7 Å². The number of nitrogens with two attached hydrogens (primary N) is 1. The first-order chi connectivity index (χ1) is 17.9. The lowest BCUT2D eigenvalue weighted by Gasteiger charge is -2.19. The molecule has 0 spiro atoms. The van der Waals surface area contributed by atoms with Crippen LogP contribution in [0.15, 0.2) is 70.4 Å². The molecule has 37 heavy (non-hydrogen) atoms. The lowest BCUT2D eigenvalue weighted by molar-refractivity contribution is -0.115. The first-order valence-corrected chi connectivity index (χ1v) is 14.7. The molecule has 0 heterocycles. The van der Waals surface area contributed by atoms with Crippen molar-refractivity contribution in [1.82, 2.24) is 0 Å². The van der Waals surface area contributed by atoms with Gasteiger partial charge >= 0.3 is 0 Å². The Morgan fingerprint density at radius 3 is 1.32 bits per heavy atom. The SMILES string of the molecule is CC=C(C(N)=O)C(=CC)C(=CC)C(=CC)C(=CC)C(=O)CCCCCCC/C=C\CCCCCCCC. The van der Waals surface area contributed by atoms with Crippen LogP contribution in [0.2, 0.25) is 0 Å². The molecule has 3 nitrogen and oxygen atoms in total. The van der Waals surface area contributed by atoms with Gasteiger partial charge in [0.05, 0.1) is 0 Å². The fourth-order valence-corrected chi connectivity index (χ4v) is 4.76. The maximum Gasteiger partial charge on any atom is 0.248 e. The largest absolute Gasteiger partial charge is 0.366 e. The number of carbonyl (C=O) groups excluding carboxylic acids is 2. The minimum absolute atomic E-state index is 0.157. The third-order valence-electron chi connectivity index (χ3n) is 6.84. The number of Topliss-reactive ketones (excluding diaryl/α,β-unsaturated/α-hetero) is 1. The minimum Gasteiger partial charge on any atom is -0.366 e. The lowest BCUT2D eigenvalue weighted by atomic mass is 9.85. The second-order valence-corrected chi connectivity index (χ2v) is 9.63. The van der Waals surface area contributed by atoms with Crippen LogP contribution in [-0.2, 0) is 9.59 Å². The van der Waals surface area contributed by atoms with Gasteiger partial charge in [0.25, 0.3) is 0 Å². The number of hydrogen-bond acceptors (Lipinski definition) is 2. The van der Waals surface area contributed by atoms with Gasteiger partial charge in [-0.05, 0) is 83.4 Å². The van der Waals surface area contributed by atoms with E-state index in [0.29, 0.717) is 17.6 Å². The van der Waals surface area contributed by atoms with Gasteiger partial charge in [-0.3, -0.25) is 9.59 Å². The Hall–Kier alpha value is -2.42. The summed E-state index contributed by atoms with van der Waals surface area (Å²) in [7, 11) is 0. The highest BCUT2D eigenvalue weighted by Crippen LogP contribution is 2.31. The molecular formula is C34H55NO2. The predicted molar refractivity (Wildman–Crippen MR) is 162 cm³/mol. The summed E-state index contributed by atoms with van der Waals surface area (Å²) in [5.41, 5.74) is 9.28. The van der Waals surface area contributed by atoms with Crippen LogP contribution in [0.1, 0.15) is 131 Å². The molecule has 0 aromatic rings. The molecule has 0 aliphatic carbocycles. The standard InChI is InChI=1S/C34H55NO2/c1-7-13-14-15-16-17-18-19-20-21-22-23-24-25-26-27-33(36)31(11-5)29(9-3)28(8-2)30(10-4)32(12-6)34(35)37/h8-12,19-20H,7,13-18,21-27H2,1-6H3,(H2,35,37)/b20-19-,28-8?,29-9?,30-10?,31-11?,32-12?. The van der Waals surface area contributed by atoms with E-state index in [1.807, 2.05) is 52.0 Å². The molecule has 3 heteroatoms. The third-order valence-corrected chi connectivity index (χ3v) is 6.84. The van der Waals surface area contributed by atoms with Gasteiger partial charge in [0.2, 0.25) is 5.91 Å². The van der Waals surface area contributed by atoms with Crippen molar-refractivity contribution in [2.24, 2.45) is 5.73 Å². The number of primary amides is 1. The smallest absolute Gasteiger partial charge is 0.248 e. The lowest BCUT2D eigenvalue weighted by Crippen LogP contribution is -2.17. The van der Waals surface area contributed by atoms with Crippen LogP contribution >= 0.6 is 0 Å². The van der Waals surface area contributed by atoms with Crippen molar-refractivity contribution in [3.63, 3.8) is 0 Å². The molecule has 0 aliphatic rings. The van der Waals surface area contributed by atoms with Gasteiger partial charge < -0.3 is 5.73 Å². The Balaban J connectivity index is 4.55. The molecule has 2 N–H and O–H groups in total. The van der Waals surface area contributed by atoms with Crippen molar-refractivity contribution in [1.29, 1.82) is 0 Å². The van der Waals surface area contributed by atoms with Crippen LogP contribution < -0.4 is 5.73 Å². The normalized spacial score (nSPS) is 14.1. The molecule has 0 unspecified atom stereocenters. The number of amides is 1. The van der Waals surface area contributed by atoms with Crippen molar-refractivity contribution in [2.75, 3.05) is 0 Å². The van der Waals surface area contributed by atoms with Crippen LogP contribution in [0.5, 0.6) is 0 Å². The van der Waals surface area contributed by atoms with Crippen LogP contribution in [0.4, 0.5) is 0 Å². The van der Waals surface area contributed by atoms with E-state index in [9.17, 15) is 9.59 Å². The fourth-order valence-electron chi connectivity index (χ4n) is 4.76. The Morgan fingerprint density at radius 1 is 0.514 bits per heavy atom. The molecule has 0 saturated carbocycles. The highest BCUT2D eigenvalue weighted by molar-refractivity contribution is 6.03. The number of ketones is 1. The second kappa shape index (κ2) is 22.8. The zero-order valence-corrected chi connectivity index (χ0v) is 24.8. The fraction of sp³-hybridized carbons (Fsp3) is 0.588. The molecule has 1 amide bonds. The third kappa shape index (κ3) is 14.2. The van der Waals surface area contributed by atoms with Gasteiger partial charge in [-0.1, -0.05) is 101 Å². The molecular weight excluding hydrogens is 454 g/mol. The van der Waals surface area contributed by atoms with Crippen LogP contribution in [0.3, 0.4) is 0 Å². The summed E-state index contributed by atoms with van der Waals surface area (Å²) in [4.78, 5) is 25.1. The van der Waals surface area contributed by atoms with Crippen molar-refractivity contribution in [3.05, 3.63) is 70.4 Å². The van der Waals surface area contributed by atoms with Crippen LogP contribution in [-0.4, -0.2) is 11.7 Å². The molecule has 0 rings (SSSR count). The summed E-state index contributed by atoms with van der Waals surface area (Å²) in [6.45, 7) is 11.7. The van der Waals surface area contributed by atoms with E-state index in [2.05, 4.69) is 19.1 Å². The van der Waals surface area contributed by atoms with E-state index in [1.165, 1.54) is 70.6 Å².